The third-order valence-electron chi connectivity index (χ3n) is 7.51. The van der Waals surface area contributed by atoms with Crippen LogP contribution in [0.3, 0.4) is 0 Å². The number of amides is 1. The third-order valence-corrected chi connectivity index (χ3v) is 9.60. The number of carbonyl (C=O) groups excluding carboxylic acids is 1. The number of aliphatic hydroxyl groups is 1. The van der Waals surface area contributed by atoms with Crippen LogP contribution in [0, 0.1) is 5.92 Å². The fourth-order valence-electron chi connectivity index (χ4n) is 4.79. The van der Waals surface area contributed by atoms with Gasteiger partial charge in [-0.3, -0.25) is 4.79 Å². The molecule has 0 saturated heterocycles. The van der Waals surface area contributed by atoms with Gasteiger partial charge in [-0.25, -0.2) is 8.42 Å². The zero-order chi connectivity index (χ0) is 30.3. The highest BCUT2D eigenvalue weighted by molar-refractivity contribution is 7.89. The average Bonchev–Trinajstić information content (AvgIpc) is 2.93. The van der Waals surface area contributed by atoms with Gasteiger partial charge in [0.15, 0.2) is 0 Å². The molecule has 3 rings (SSSR count). The summed E-state index contributed by atoms with van der Waals surface area (Å²) in [6.07, 6.45) is 1.80. The molecule has 0 aliphatic carbocycles. The first-order chi connectivity index (χ1) is 19.3. The average molecular weight is 610 g/mol. The first kappa shape index (κ1) is 33.1. The van der Waals surface area contributed by atoms with Crippen LogP contribution in [0.5, 0.6) is 5.75 Å². The van der Waals surface area contributed by atoms with Gasteiger partial charge in [0.2, 0.25) is 10.0 Å². The Balaban J connectivity index is 1.96. The van der Waals surface area contributed by atoms with Crippen molar-refractivity contribution in [3.05, 3.63) is 53.1 Å². The molecule has 0 aromatic heterocycles. The molecule has 9 nitrogen and oxygen atoms in total. The number of carbonyl (C=O) groups is 1. The van der Waals surface area contributed by atoms with E-state index in [9.17, 15) is 18.3 Å². The maximum absolute atomic E-state index is 14.1. The zero-order valence-electron chi connectivity index (χ0n) is 24.9. The summed E-state index contributed by atoms with van der Waals surface area (Å²) in [4.78, 5) is 17.8. The van der Waals surface area contributed by atoms with E-state index in [2.05, 4.69) is 0 Å². The first-order valence-corrected chi connectivity index (χ1v) is 15.9. The smallest absolute Gasteiger partial charge is 0.258 e. The highest BCUT2D eigenvalue weighted by atomic mass is 35.5. The van der Waals surface area contributed by atoms with Gasteiger partial charge >= 0.3 is 0 Å². The standard InChI is InChI=1S/C30H44ClN3O6S/c1-21-18-34(22(2)20-35)30(36)27-17-25(32(4)5)12-15-28(27)40-23(3)9-7-8-16-39-29(21)19-33(6)41(37,38)26-13-10-24(31)11-14-26/h10-15,17,21-23,29,35H,7-9,16,18-20H2,1-6H3/t21-,22-,23+,29+/m0/s1. The van der Waals surface area contributed by atoms with Gasteiger partial charge in [0.25, 0.3) is 5.91 Å². The third kappa shape index (κ3) is 8.58. The summed E-state index contributed by atoms with van der Waals surface area (Å²) in [5, 5.41) is 10.6. The van der Waals surface area contributed by atoms with Crippen LogP contribution < -0.4 is 9.64 Å². The van der Waals surface area contributed by atoms with E-state index in [0.29, 0.717) is 22.9 Å². The Hall–Kier alpha value is -2.37. The van der Waals surface area contributed by atoms with E-state index in [0.717, 1.165) is 24.9 Å². The van der Waals surface area contributed by atoms with Gasteiger partial charge in [0.05, 0.1) is 35.3 Å². The van der Waals surface area contributed by atoms with E-state index >= 15 is 0 Å². The Morgan fingerprint density at radius 2 is 1.78 bits per heavy atom. The molecule has 0 bridgehead atoms. The molecule has 4 atom stereocenters. The molecule has 0 unspecified atom stereocenters. The molecule has 228 valence electrons. The van der Waals surface area contributed by atoms with Crippen molar-refractivity contribution in [2.24, 2.45) is 5.92 Å². The van der Waals surface area contributed by atoms with Gasteiger partial charge in [-0.05, 0) is 75.6 Å². The number of rotatable bonds is 7. The Labute approximate surface area is 250 Å². The summed E-state index contributed by atoms with van der Waals surface area (Å²) in [6, 6.07) is 11.2. The van der Waals surface area contributed by atoms with Crippen molar-refractivity contribution >= 4 is 33.2 Å². The first-order valence-electron chi connectivity index (χ1n) is 14.1. The van der Waals surface area contributed by atoms with Gasteiger partial charge in [-0.2, -0.15) is 4.31 Å². The van der Waals surface area contributed by atoms with Crippen LogP contribution in [-0.4, -0.2) is 94.3 Å². The molecular weight excluding hydrogens is 566 g/mol. The molecule has 0 fully saturated rings. The number of fused-ring (bicyclic) bond motifs is 1. The fourth-order valence-corrected chi connectivity index (χ4v) is 6.10. The van der Waals surface area contributed by atoms with Crippen LogP contribution in [-0.2, 0) is 14.8 Å². The lowest BCUT2D eigenvalue weighted by Gasteiger charge is -2.35. The highest BCUT2D eigenvalue weighted by Crippen LogP contribution is 2.29. The lowest BCUT2D eigenvalue weighted by Crippen LogP contribution is -2.48. The molecule has 11 heteroatoms. The van der Waals surface area contributed by atoms with Crippen molar-refractivity contribution in [1.82, 2.24) is 9.21 Å². The van der Waals surface area contributed by atoms with Crippen molar-refractivity contribution in [1.29, 1.82) is 0 Å². The fraction of sp³-hybridized carbons (Fsp3) is 0.567. The van der Waals surface area contributed by atoms with Gasteiger partial charge in [0.1, 0.15) is 5.75 Å². The lowest BCUT2D eigenvalue weighted by molar-refractivity contribution is -0.00833. The van der Waals surface area contributed by atoms with E-state index in [4.69, 9.17) is 21.1 Å². The molecule has 1 aliphatic rings. The molecule has 41 heavy (non-hydrogen) atoms. The molecule has 1 aliphatic heterocycles. The molecule has 0 radical (unpaired) electrons. The summed E-state index contributed by atoms with van der Waals surface area (Å²) in [7, 11) is 1.55. The van der Waals surface area contributed by atoms with Crippen molar-refractivity contribution in [2.45, 2.75) is 63.2 Å². The van der Waals surface area contributed by atoms with Crippen LogP contribution in [0.1, 0.15) is 50.4 Å². The van der Waals surface area contributed by atoms with E-state index in [1.165, 1.54) is 23.5 Å². The quantitative estimate of drug-likeness (QED) is 0.493. The maximum atomic E-state index is 14.1. The van der Waals surface area contributed by atoms with Crippen molar-refractivity contribution < 1.29 is 27.8 Å². The minimum Gasteiger partial charge on any atom is -0.490 e. The van der Waals surface area contributed by atoms with Gasteiger partial charge in [0, 0.05) is 57.5 Å². The summed E-state index contributed by atoms with van der Waals surface area (Å²) in [6.45, 7) is 6.29. The van der Waals surface area contributed by atoms with Crippen LogP contribution in [0.15, 0.2) is 47.4 Å². The largest absolute Gasteiger partial charge is 0.490 e. The summed E-state index contributed by atoms with van der Waals surface area (Å²) >= 11 is 5.96. The molecule has 2 aromatic carbocycles. The van der Waals surface area contributed by atoms with E-state index in [1.807, 2.05) is 51.0 Å². The molecule has 1 amide bonds. The lowest BCUT2D eigenvalue weighted by atomic mass is 10.0. The zero-order valence-corrected chi connectivity index (χ0v) is 26.5. The summed E-state index contributed by atoms with van der Waals surface area (Å²) in [5.41, 5.74) is 1.28. The van der Waals surface area contributed by atoms with Crippen molar-refractivity contribution in [3.8, 4) is 5.75 Å². The number of ether oxygens (including phenoxy) is 2. The maximum Gasteiger partial charge on any atom is 0.258 e. The summed E-state index contributed by atoms with van der Waals surface area (Å²) < 4.78 is 40.5. The topological polar surface area (TPSA) is 99.6 Å². The molecule has 0 saturated carbocycles. The van der Waals surface area contributed by atoms with E-state index < -0.39 is 22.2 Å². The van der Waals surface area contributed by atoms with Crippen LogP contribution in [0.4, 0.5) is 5.69 Å². The Morgan fingerprint density at radius 1 is 1.10 bits per heavy atom. The Kier molecular flexibility index (Phi) is 11.9. The SMILES string of the molecule is C[C@@H]1CCCCO[C@H](CN(C)S(=O)(=O)c2ccc(Cl)cc2)[C@@H](C)CN([C@@H](C)CO)C(=O)c2cc(N(C)C)ccc2O1. The number of likely N-dealkylation sites (N-methyl/N-ethyl adjacent to an activating group) is 1. The van der Waals surface area contributed by atoms with Crippen molar-refractivity contribution in [3.63, 3.8) is 0 Å². The number of hydrogen-bond acceptors (Lipinski definition) is 7. The van der Waals surface area contributed by atoms with Gasteiger partial charge in [-0.15, -0.1) is 0 Å². The predicted octanol–water partition coefficient (Wildman–Crippen LogP) is 4.52. The number of halogens is 1. The molecule has 1 N–H and O–H groups in total. The summed E-state index contributed by atoms with van der Waals surface area (Å²) in [5.74, 6) is -0.00382. The predicted molar refractivity (Wildman–Crippen MR) is 162 cm³/mol. The number of sulfonamides is 1. The molecule has 2 aromatic rings. The number of aliphatic hydroxyl groups excluding tert-OH is 1. The number of hydrogen-bond donors (Lipinski definition) is 1. The van der Waals surface area contributed by atoms with E-state index in [1.54, 1.807) is 24.0 Å². The second kappa shape index (κ2) is 14.7. The van der Waals surface area contributed by atoms with Crippen LogP contribution in [0.2, 0.25) is 5.02 Å². The second-order valence-electron chi connectivity index (χ2n) is 11.1. The number of nitrogens with zero attached hydrogens (tertiary/aromatic N) is 3. The number of anilines is 1. The van der Waals surface area contributed by atoms with Crippen LogP contribution in [0.25, 0.3) is 0 Å². The Morgan fingerprint density at radius 3 is 2.41 bits per heavy atom. The van der Waals surface area contributed by atoms with Gasteiger partial charge in [-0.1, -0.05) is 18.5 Å². The minimum atomic E-state index is -3.79. The second-order valence-corrected chi connectivity index (χ2v) is 13.6. The molecular formula is C30H44ClN3O6S. The van der Waals surface area contributed by atoms with Crippen LogP contribution >= 0.6 is 11.6 Å². The normalized spacial score (nSPS) is 22.0. The monoisotopic (exact) mass is 609 g/mol. The number of benzene rings is 2. The minimum absolute atomic E-state index is 0.0997. The Bertz CT molecular complexity index is 1260. The van der Waals surface area contributed by atoms with E-state index in [-0.39, 0.29) is 42.5 Å². The van der Waals surface area contributed by atoms with Crippen molar-refractivity contribution in [2.75, 3.05) is 52.3 Å². The highest BCUT2D eigenvalue weighted by Gasteiger charge is 2.32. The molecule has 1 heterocycles. The molecule has 0 spiro atoms. The van der Waals surface area contributed by atoms with Gasteiger partial charge < -0.3 is 24.4 Å².